The lowest BCUT2D eigenvalue weighted by atomic mass is 9.97. The molecule has 1 aliphatic rings. The van der Waals surface area contributed by atoms with Gasteiger partial charge in [0.05, 0.1) is 17.6 Å². The molecule has 0 bridgehead atoms. The predicted molar refractivity (Wildman–Crippen MR) is 105 cm³/mol. The monoisotopic (exact) mass is 442 g/mol. The highest BCUT2D eigenvalue weighted by molar-refractivity contribution is 7.89. The largest absolute Gasteiger partial charge is 0.497 e. The van der Waals surface area contributed by atoms with Gasteiger partial charge in [-0.1, -0.05) is 0 Å². The number of rotatable bonds is 5. The molecule has 2 aromatic carbocycles. The number of hydrogen-bond donors (Lipinski definition) is 1. The maximum absolute atomic E-state index is 12.8. The Hall–Kier alpha value is -2.59. The van der Waals surface area contributed by atoms with Crippen molar-refractivity contribution in [3.8, 4) is 5.75 Å². The second-order valence-electron chi connectivity index (χ2n) is 6.92. The summed E-state index contributed by atoms with van der Waals surface area (Å²) < 4.78 is 69.7. The minimum atomic E-state index is -4.44. The number of ether oxygens (including phenoxy) is 1. The number of methoxy groups -OCH3 is 1. The standard InChI is InChI=1S/C20H21F3N2O4S/c1-29-17-6-8-18(9-7-17)30(27,28)25-12-10-14(11-13-25)19(26)24-16-4-2-15(3-5-16)20(21,22)23/h2-9,14H,10-13H2,1H3,(H,24,26). The SMILES string of the molecule is COc1ccc(S(=O)(=O)N2CCC(C(=O)Nc3ccc(C(F)(F)F)cc3)CC2)cc1. The number of nitrogens with zero attached hydrogens (tertiary/aromatic N) is 1. The van der Waals surface area contributed by atoms with Crippen molar-refractivity contribution in [3.05, 3.63) is 54.1 Å². The van der Waals surface area contributed by atoms with Crippen LogP contribution in [0.1, 0.15) is 18.4 Å². The third kappa shape index (κ3) is 4.93. The number of carbonyl (C=O) groups is 1. The molecule has 2 aromatic rings. The van der Waals surface area contributed by atoms with Crippen molar-refractivity contribution < 1.29 is 31.1 Å². The second-order valence-corrected chi connectivity index (χ2v) is 8.86. The van der Waals surface area contributed by atoms with Crippen LogP contribution in [0.15, 0.2) is 53.4 Å². The van der Waals surface area contributed by atoms with E-state index in [1.807, 2.05) is 0 Å². The van der Waals surface area contributed by atoms with E-state index in [-0.39, 0.29) is 29.6 Å². The van der Waals surface area contributed by atoms with Gasteiger partial charge < -0.3 is 10.1 Å². The lowest BCUT2D eigenvalue weighted by Gasteiger charge is -2.30. The van der Waals surface area contributed by atoms with Crippen LogP contribution in [0.3, 0.4) is 0 Å². The van der Waals surface area contributed by atoms with Crippen molar-refractivity contribution >= 4 is 21.6 Å². The molecular weight excluding hydrogens is 421 g/mol. The number of benzene rings is 2. The number of piperidine rings is 1. The summed E-state index contributed by atoms with van der Waals surface area (Å²) in [5, 5.41) is 2.60. The summed E-state index contributed by atoms with van der Waals surface area (Å²) in [6.07, 6.45) is -3.80. The first-order valence-corrected chi connectivity index (χ1v) is 10.7. The number of anilines is 1. The van der Waals surface area contributed by atoms with E-state index in [1.54, 1.807) is 12.1 Å². The van der Waals surface area contributed by atoms with Crippen LogP contribution >= 0.6 is 0 Å². The van der Waals surface area contributed by atoms with Gasteiger partial charge in [-0.3, -0.25) is 4.79 Å². The molecule has 0 saturated carbocycles. The smallest absolute Gasteiger partial charge is 0.416 e. The number of sulfonamides is 1. The molecule has 1 amide bonds. The predicted octanol–water partition coefficient (Wildman–Crippen LogP) is 3.75. The molecule has 0 aromatic heterocycles. The average Bonchev–Trinajstić information content (AvgIpc) is 2.73. The van der Waals surface area contributed by atoms with Gasteiger partial charge in [0.15, 0.2) is 0 Å². The molecule has 3 rings (SSSR count). The van der Waals surface area contributed by atoms with E-state index in [4.69, 9.17) is 4.74 Å². The summed E-state index contributed by atoms with van der Waals surface area (Å²) in [6.45, 7) is 0.360. The third-order valence-corrected chi connectivity index (χ3v) is 6.91. The van der Waals surface area contributed by atoms with E-state index in [0.29, 0.717) is 18.6 Å². The van der Waals surface area contributed by atoms with Gasteiger partial charge in [0.2, 0.25) is 15.9 Å². The van der Waals surface area contributed by atoms with Gasteiger partial charge in [-0.2, -0.15) is 17.5 Å². The third-order valence-electron chi connectivity index (χ3n) is 5.00. The van der Waals surface area contributed by atoms with Crippen molar-refractivity contribution in [3.63, 3.8) is 0 Å². The summed E-state index contributed by atoms with van der Waals surface area (Å²) in [5.41, 5.74) is -0.529. The van der Waals surface area contributed by atoms with Crippen LogP contribution in [-0.4, -0.2) is 38.8 Å². The lowest BCUT2D eigenvalue weighted by molar-refractivity contribution is -0.137. The van der Waals surface area contributed by atoms with Crippen LogP contribution in [0.4, 0.5) is 18.9 Å². The molecule has 1 N–H and O–H groups in total. The molecule has 162 valence electrons. The highest BCUT2D eigenvalue weighted by Crippen LogP contribution is 2.30. The summed E-state index contributed by atoms with van der Waals surface area (Å²) in [4.78, 5) is 12.6. The van der Waals surface area contributed by atoms with E-state index in [1.165, 1.54) is 35.7 Å². The summed E-state index contributed by atoms with van der Waals surface area (Å²) in [6, 6.07) is 10.3. The highest BCUT2D eigenvalue weighted by atomic mass is 32.2. The number of nitrogens with one attached hydrogen (secondary N) is 1. The first kappa shape index (κ1) is 22.1. The van der Waals surface area contributed by atoms with Gasteiger partial charge in [0.25, 0.3) is 0 Å². The Bertz CT molecular complexity index is 982. The van der Waals surface area contributed by atoms with Gasteiger partial charge in [-0.25, -0.2) is 8.42 Å². The Balaban J connectivity index is 1.58. The topological polar surface area (TPSA) is 75.7 Å². The molecular formula is C20H21F3N2O4S. The number of amides is 1. The van der Waals surface area contributed by atoms with Crippen molar-refractivity contribution in [2.24, 2.45) is 5.92 Å². The Kier molecular flexibility index (Phi) is 6.37. The first-order valence-electron chi connectivity index (χ1n) is 9.23. The zero-order valence-electron chi connectivity index (χ0n) is 16.1. The average molecular weight is 442 g/mol. The second kappa shape index (κ2) is 8.65. The van der Waals surface area contributed by atoms with Crippen LogP contribution in [-0.2, 0) is 21.0 Å². The molecule has 30 heavy (non-hydrogen) atoms. The number of alkyl halides is 3. The molecule has 0 spiro atoms. The summed E-state index contributed by atoms with van der Waals surface area (Å²) in [5.74, 6) is -0.210. The molecule has 1 aliphatic heterocycles. The fourth-order valence-corrected chi connectivity index (χ4v) is 4.71. The van der Waals surface area contributed by atoms with Crippen molar-refractivity contribution in [1.82, 2.24) is 4.31 Å². The van der Waals surface area contributed by atoms with E-state index < -0.39 is 27.7 Å². The van der Waals surface area contributed by atoms with Gasteiger partial charge in [0.1, 0.15) is 5.75 Å². The van der Waals surface area contributed by atoms with Crippen LogP contribution < -0.4 is 10.1 Å². The highest BCUT2D eigenvalue weighted by Gasteiger charge is 2.33. The molecule has 1 heterocycles. The Labute approximate surface area is 172 Å². The molecule has 1 fully saturated rings. The fraction of sp³-hybridized carbons (Fsp3) is 0.350. The Morgan fingerprint density at radius 1 is 1.03 bits per heavy atom. The Morgan fingerprint density at radius 2 is 1.60 bits per heavy atom. The van der Waals surface area contributed by atoms with Gasteiger partial charge in [-0.15, -0.1) is 0 Å². The number of halogens is 3. The quantitative estimate of drug-likeness (QED) is 0.765. The molecule has 10 heteroatoms. The van der Waals surface area contributed by atoms with Gasteiger partial charge in [0, 0.05) is 24.7 Å². The minimum Gasteiger partial charge on any atom is -0.497 e. The van der Waals surface area contributed by atoms with Crippen molar-refractivity contribution in [1.29, 1.82) is 0 Å². The summed E-state index contributed by atoms with van der Waals surface area (Å²) >= 11 is 0. The molecule has 0 unspecified atom stereocenters. The van der Waals surface area contributed by atoms with E-state index in [9.17, 15) is 26.4 Å². The molecule has 6 nitrogen and oxygen atoms in total. The van der Waals surface area contributed by atoms with Crippen molar-refractivity contribution in [2.45, 2.75) is 23.9 Å². The molecule has 0 atom stereocenters. The van der Waals surface area contributed by atoms with Gasteiger partial charge in [-0.05, 0) is 61.4 Å². The molecule has 0 radical (unpaired) electrons. The van der Waals surface area contributed by atoms with Crippen LogP contribution in [0.2, 0.25) is 0 Å². The van der Waals surface area contributed by atoms with Crippen LogP contribution in [0.25, 0.3) is 0 Å². The lowest BCUT2D eigenvalue weighted by Crippen LogP contribution is -2.41. The zero-order valence-corrected chi connectivity index (χ0v) is 17.0. The van der Waals surface area contributed by atoms with E-state index in [2.05, 4.69) is 5.32 Å². The summed E-state index contributed by atoms with van der Waals surface area (Å²) in [7, 11) is -2.18. The normalized spacial score (nSPS) is 16.3. The number of carbonyl (C=O) groups excluding carboxylic acids is 1. The minimum absolute atomic E-state index is 0.149. The molecule has 0 aliphatic carbocycles. The first-order chi connectivity index (χ1) is 14.1. The molecule has 1 saturated heterocycles. The van der Waals surface area contributed by atoms with Crippen molar-refractivity contribution in [2.75, 3.05) is 25.5 Å². The van der Waals surface area contributed by atoms with Crippen LogP contribution in [0, 0.1) is 5.92 Å². The maximum Gasteiger partial charge on any atom is 0.416 e. The number of hydrogen-bond acceptors (Lipinski definition) is 4. The zero-order chi connectivity index (χ0) is 21.9. The fourth-order valence-electron chi connectivity index (χ4n) is 3.24. The Morgan fingerprint density at radius 3 is 2.10 bits per heavy atom. The van der Waals surface area contributed by atoms with E-state index >= 15 is 0 Å². The van der Waals surface area contributed by atoms with Crippen LogP contribution in [0.5, 0.6) is 5.75 Å². The maximum atomic E-state index is 12.8. The van der Waals surface area contributed by atoms with Gasteiger partial charge >= 0.3 is 6.18 Å². The van der Waals surface area contributed by atoms with E-state index in [0.717, 1.165) is 12.1 Å².